The maximum absolute atomic E-state index is 13.1. The van der Waals surface area contributed by atoms with E-state index >= 15 is 0 Å². The number of hydrogen-bond donors (Lipinski definition) is 1. The van der Waals surface area contributed by atoms with Crippen LogP contribution in [0.5, 0.6) is 11.5 Å². The minimum Gasteiger partial charge on any atom is -0.493 e. The lowest BCUT2D eigenvalue weighted by Crippen LogP contribution is -2.31. The van der Waals surface area contributed by atoms with Crippen molar-refractivity contribution in [2.45, 2.75) is 25.3 Å². The van der Waals surface area contributed by atoms with E-state index in [0.717, 1.165) is 29.7 Å². The molecule has 3 aromatic rings. The van der Waals surface area contributed by atoms with Gasteiger partial charge in [0.15, 0.2) is 11.5 Å². The molecule has 4 rings (SSSR count). The lowest BCUT2D eigenvalue weighted by atomic mass is 10.1. The number of nitrogens with zero attached hydrogens (tertiary/aromatic N) is 3. The summed E-state index contributed by atoms with van der Waals surface area (Å²) >= 11 is 1.16. The Bertz CT molecular complexity index is 1150. The van der Waals surface area contributed by atoms with Gasteiger partial charge < -0.3 is 19.7 Å². The Morgan fingerprint density at radius 3 is 2.61 bits per heavy atom. The van der Waals surface area contributed by atoms with E-state index in [9.17, 15) is 14.0 Å². The van der Waals surface area contributed by atoms with E-state index in [1.165, 1.54) is 24.3 Å². The van der Waals surface area contributed by atoms with Crippen LogP contribution in [-0.4, -0.2) is 47.7 Å². The van der Waals surface area contributed by atoms with Crippen molar-refractivity contribution in [3.63, 3.8) is 0 Å². The van der Waals surface area contributed by atoms with Crippen LogP contribution in [0.2, 0.25) is 0 Å². The van der Waals surface area contributed by atoms with E-state index < -0.39 is 5.91 Å². The quantitative estimate of drug-likeness (QED) is 0.564. The third-order valence-corrected chi connectivity index (χ3v) is 6.42. The first-order chi connectivity index (χ1) is 16.0. The number of aromatic nitrogens is 2. The summed E-state index contributed by atoms with van der Waals surface area (Å²) in [6.45, 7) is 0.619. The number of likely N-dealkylation sites (tertiary alicyclic amines) is 1. The van der Waals surface area contributed by atoms with Crippen LogP contribution in [0.25, 0.3) is 0 Å². The SMILES string of the molecule is COc1ccc(CC(=O)N2CCCC2c2nnc(C(=O)Nc3ccc(F)cc3)s2)cc1OC. The molecule has 1 saturated heterocycles. The number of hydrogen-bond acceptors (Lipinski definition) is 7. The van der Waals surface area contributed by atoms with Crippen molar-refractivity contribution in [3.05, 3.63) is 63.9 Å². The molecular weight excluding hydrogens is 447 g/mol. The van der Waals surface area contributed by atoms with Gasteiger partial charge in [-0.05, 0) is 54.8 Å². The minimum absolute atomic E-state index is 0.0303. The van der Waals surface area contributed by atoms with Gasteiger partial charge in [0.2, 0.25) is 10.9 Å². The standard InChI is InChI=1S/C23H23FN4O4S/c1-31-18-10-5-14(12-19(18)32-2)13-20(29)28-11-3-4-17(28)22-26-27-23(33-22)21(30)25-16-8-6-15(24)7-9-16/h5-10,12,17H,3-4,11,13H2,1-2H3,(H,25,30). The molecule has 1 fully saturated rings. The molecule has 1 unspecified atom stereocenters. The van der Waals surface area contributed by atoms with Crippen molar-refractivity contribution >= 4 is 28.8 Å². The van der Waals surface area contributed by atoms with Gasteiger partial charge in [-0.25, -0.2) is 4.39 Å². The molecule has 1 aliphatic heterocycles. The largest absolute Gasteiger partial charge is 0.493 e. The molecule has 1 atom stereocenters. The van der Waals surface area contributed by atoms with Gasteiger partial charge >= 0.3 is 0 Å². The number of methoxy groups -OCH3 is 2. The van der Waals surface area contributed by atoms with Gasteiger partial charge in [0.1, 0.15) is 10.8 Å². The number of rotatable bonds is 7. The maximum atomic E-state index is 13.1. The minimum atomic E-state index is -0.424. The van der Waals surface area contributed by atoms with E-state index in [-0.39, 0.29) is 29.2 Å². The molecule has 1 N–H and O–H groups in total. The lowest BCUT2D eigenvalue weighted by molar-refractivity contribution is -0.131. The number of halogens is 1. The maximum Gasteiger partial charge on any atom is 0.286 e. The van der Waals surface area contributed by atoms with E-state index in [4.69, 9.17) is 9.47 Å². The molecule has 0 spiro atoms. The fraction of sp³-hybridized carbons (Fsp3) is 0.304. The van der Waals surface area contributed by atoms with Crippen molar-refractivity contribution in [2.75, 3.05) is 26.1 Å². The number of anilines is 1. The third-order valence-electron chi connectivity index (χ3n) is 5.40. The Labute approximate surface area is 194 Å². The Kier molecular flexibility index (Phi) is 6.83. The first kappa shape index (κ1) is 22.7. The van der Waals surface area contributed by atoms with Gasteiger partial charge in [-0.1, -0.05) is 17.4 Å². The zero-order valence-corrected chi connectivity index (χ0v) is 19.0. The van der Waals surface area contributed by atoms with E-state index in [1.54, 1.807) is 31.3 Å². The predicted octanol–water partition coefficient (Wildman–Crippen LogP) is 3.85. The highest BCUT2D eigenvalue weighted by Crippen LogP contribution is 2.35. The van der Waals surface area contributed by atoms with E-state index in [1.807, 2.05) is 6.07 Å². The van der Waals surface area contributed by atoms with Crippen LogP contribution in [0.3, 0.4) is 0 Å². The number of ether oxygens (including phenoxy) is 2. The zero-order chi connectivity index (χ0) is 23.4. The van der Waals surface area contributed by atoms with Crippen molar-refractivity contribution in [1.29, 1.82) is 0 Å². The molecule has 2 heterocycles. The Hall–Kier alpha value is -3.53. The Morgan fingerprint density at radius 1 is 1.12 bits per heavy atom. The highest BCUT2D eigenvalue weighted by molar-refractivity contribution is 7.13. The molecular formula is C23H23FN4O4S. The topological polar surface area (TPSA) is 93.7 Å². The van der Waals surface area contributed by atoms with E-state index in [0.29, 0.717) is 28.7 Å². The van der Waals surface area contributed by atoms with E-state index in [2.05, 4.69) is 15.5 Å². The summed E-state index contributed by atoms with van der Waals surface area (Å²) < 4.78 is 23.6. The van der Waals surface area contributed by atoms with Crippen molar-refractivity contribution in [3.8, 4) is 11.5 Å². The summed E-state index contributed by atoms with van der Waals surface area (Å²) in [6.07, 6.45) is 1.82. The number of nitrogens with one attached hydrogen (secondary N) is 1. The average molecular weight is 471 g/mol. The highest BCUT2D eigenvalue weighted by atomic mass is 32.1. The van der Waals surface area contributed by atoms with Crippen LogP contribution in [0, 0.1) is 5.82 Å². The van der Waals surface area contributed by atoms with Crippen molar-refractivity contribution in [1.82, 2.24) is 15.1 Å². The van der Waals surface area contributed by atoms with Crippen LogP contribution in [0.4, 0.5) is 10.1 Å². The summed E-state index contributed by atoms with van der Waals surface area (Å²) in [6, 6.07) is 10.7. The second-order valence-corrected chi connectivity index (χ2v) is 8.53. The monoisotopic (exact) mass is 470 g/mol. The third kappa shape index (κ3) is 5.11. The Balaban J connectivity index is 1.44. The van der Waals surface area contributed by atoms with Gasteiger partial charge in [0, 0.05) is 12.2 Å². The van der Waals surface area contributed by atoms with Gasteiger partial charge in [0.05, 0.1) is 26.7 Å². The van der Waals surface area contributed by atoms with Gasteiger partial charge in [-0.15, -0.1) is 10.2 Å². The Morgan fingerprint density at radius 2 is 1.88 bits per heavy atom. The molecule has 172 valence electrons. The van der Waals surface area contributed by atoms with Gasteiger partial charge in [0.25, 0.3) is 5.91 Å². The summed E-state index contributed by atoms with van der Waals surface area (Å²) in [5.74, 6) is 0.337. The number of carbonyl (C=O) groups excluding carboxylic acids is 2. The van der Waals surface area contributed by atoms with Crippen LogP contribution >= 0.6 is 11.3 Å². The summed E-state index contributed by atoms with van der Waals surface area (Å²) in [4.78, 5) is 27.3. The molecule has 2 amide bonds. The summed E-state index contributed by atoms with van der Waals surface area (Å²) in [7, 11) is 3.12. The molecule has 33 heavy (non-hydrogen) atoms. The second kappa shape index (κ2) is 9.95. The van der Waals surface area contributed by atoms with Crippen molar-refractivity contribution in [2.24, 2.45) is 0 Å². The number of carbonyl (C=O) groups is 2. The number of amides is 2. The molecule has 0 aliphatic carbocycles. The predicted molar refractivity (Wildman–Crippen MR) is 121 cm³/mol. The molecule has 0 saturated carbocycles. The molecule has 0 radical (unpaired) electrons. The zero-order valence-electron chi connectivity index (χ0n) is 18.2. The van der Waals surface area contributed by atoms with Crippen LogP contribution in [0.15, 0.2) is 42.5 Å². The average Bonchev–Trinajstić information content (AvgIpc) is 3.50. The second-order valence-electron chi connectivity index (χ2n) is 7.52. The summed E-state index contributed by atoms with van der Waals surface area (Å²) in [5, 5.41) is 11.7. The normalized spacial score (nSPS) is 15.4. The first-order valence-electron chi connectivity index (χ1n) is 10.4. The van der Waals surface area contributed by atoms with Crippen LogP contribution in [-0.2, 0) is 11.2 Å². The van der Waals surface area contributed by atoms with Crippen LogP contribution in [0.1, 0.15) is 39.3 Å². The molecule has 2 aromatic carbocycles. The summed E-state index contributed by atoms with van der Waals surface area (Å²) in [5.41, 5.74) is 1.28. The smallest absolute Gasteiger partial charge is 0.286 e. The molecule has 8 nitrogen and oxygen atoms in total. The molecule has 10 heteroatoms. The fourth-order valence-corrected chi connectivity index (χ4v) is 4.65. The van der Waals surface area contributed by atoms with Crippen molar-refractivity contribution < 1.29 is 23.5 Å². The number of benzene rings is 2. The lowest BCUT2D eigenvalue weighted by Gasteiger charge is -2.23. The molecule has 0 bridgehead atoms. The van der Waals surface area contributed by atoms with Gasteiger partial charge in [-0.3, -0.25) is 9.59 Å². The highest BCUT2D eigenvalue weighted by Gasteiger charge is 2.33. The molecule has 1 aromatic heterocycles. The van der Waals surface area contributed by atoms with Crippen LogP contribution < -0.4 is 14.8 Å². The fourth-order valence-electron chi connectivity index (χ4n) is 3.77. The molecule has 1 aliphatic rings. The van der Waals surface area contributed by atoms with Gasteiger partial charge in [-0.2, -0.15) is 0 Å². The first-order valence-corrected chi connectivity index (χ1v) is 11.2.